The maximum absolute atomic E-state index is 5.29. The predicted octanol–water partition coefficient (Wildman–Crippen LogP) is 0.173. The summed E-state index contributed by atoms with van der Waals surface area (Å²) in [5.41, 5.74) is 0. The molecule has 0 saturated carbocycles. The highest BCUT2D eigenvalue weighted by atomic mass is 16.5. The molecule has 1 saturated heterocycles. The van der Waals surface area contributed by atoms with Crippen LogP contribution in [0.25, 0.3) is 0 Å². The van der Waals surface area contributed by atoms with E-state index >= 15 is 0 Å². The van der Waals surface area contributed by atoms with Crippen molar-refractivity contribution in [1.29, 1.82) is 0 Å². The number of aryl methyl sites for hydroxylation is 1. The summed E-state index contributed by atoms with van der Waals surface area (Å²) < 4.78 is 7.31. The first-order chi connectivity index (χ1) is 6.72. The van der Waals surface area contributed by atoms with E-state index in [1.54, 1.807) is 7.11 Å². The number of nitrogens with one attached hydrogen (secondary N) is 1. The third kappa shape index (κ3) is 1.53. The molecule has 14 heavy (non-hydrogen) atoms. The topological polar surface area (TPSA) is 52.0 Å². The molecule has 2 rings (SSSR count). The van der Waals surface area contributed by atoms with Crippen molar-refractivity contribution in [2.75, 3.05) is 13.7 Å². The number of hydrogen-bond acceptors (Lipinski definition) is 4. The maximum atomic E-state index is 5.29. The van der Waals surface area contributed by atoms with Gasteiger partial charge in [-0.3, -0.25) is 0 Å². The van der Waals surface area contributed by atoms with E-state index in [1.807, 2.05) is 18.5 Å². The molecule has 2 unspecified atom stereocenters. The Labute approximate surface area is 83.5 Å². The van der Waals surface area contributed by atoms with Gasteiger partial charge in [0.25, 0.3) is 0 Å². The molecule has 1 aliphatic heterocycles. The average Bonchev–Trinajstić information content (AvgIpc) is 2.75. The third-order valence-electron chi connectivity index (χ3n) is 2.86. The molecule has 5 nitrogen and oxygen atoms in total. The average molecular weight is 196 g/mol. The second kappa shape index (κ2) is 3.67. The zero-order valence-electron chi connectivity index (χ0n) is 8.82. The van der Waals surface area contributed by atoms with Gasteiger partial charge in [-0.2, -0.15) is 0 Å². The molecule has 2 heterocycles. The molecule has 1 aromatic heterocycles. The highest BCUT2D eigenvalue weighted by molar-refractivity contribution is 5.02. The first-order valence-corrected chi connectivity index (χ1v) is 4.84. The molecule has 0 bridgehead atoms. The molecular weight excluding hydrogens is 180 g/mol. The number of methoxy groups -OCH3 is 1. The molecule has 1 aromatic rings. The van der Waals surface area contributed by atoms with E-state index in [1.165, 1.54) is 0 Å². The van der Waals surface area contributed by atoms with Crippen LogP contribution in [-0.4, -0.2) is 34.5 Å². The molecule has 0 spiro atoms. The molecule has 0 radical (unpaired) electrons. The van der Waals surface area contributed by atoms with Crippen molar-refractivity contribution < 1.29 is 4.74 Å². The summed E-state index contributed by atoms with van der Waals surface area (Å²) in [4.78, 5) is 0. The first kappa shape index (κ1) is 9.61. The Morgan fingerprint density at radius 1 is 1.50 bits per heavy atom. The lowest BCUT2D eigenvalue weighted by Gasteiger charge is -2.09. The van der Waals surface area contributed by atoms with Crippen molar-refractivity contribution in [2.45, 2.75) is 25.5 Å². The normalized spacial score (nSPS) is 27.1. The summed E-state index contributed by atoms with van der Waals surface area (Å²) in [6.07, 6.45) is 1.28. The zero-order chi connectivity index (χ0) is 10.1. The van der Waals surface area contributed by atoms with E-state index < -0.39 is 0 Å². The van der Waals surface area contributed by atoms with Gasteiger partial charge in [0.2, 0.25) is 0 Å². The van der Waals surface area contributed by atoms with Crippen LogP contribution in [0, 0.1) is 6.92 Å². The molecule has 0 aliphatic carbocycles. The summed E-state index contributed by atoms with van der Waals surface area (Å²) in [6, 6.07) is 0.283. The fourth-order valence-corrected chi connectivity index (χ4v) is 1.81. The Kier molecular flexibility index (Phi) is 2.52. The Bertz CT molecular complexity index is 323. The largest absolute Gasteiger partial charge is 0.380 e. The van der Waals surface area contributed by atoms with Crippen LogP contribution in [0.2, 0.25) is 0 Å². The smallest absolute Gasteiger partial charge is 0.150 e. The lowest BCUT2D eigenvalue weighted by molar-refractivity contribution is 0.117. The van der Waals surface area contributed by atoms with Crippen LogP contribution in [0.15, 0.2) is 0 Å². The van der Waals surface area contributed by atoms with Gasteiger partial charge in [0.1, 0.15) is 11.6 Å². The van der Waals surface area contributed by atoms with Gasteiger partial charge in [-0.1, -0.05) is 0 Å². The van der Waals surface area contributed by atoms with Gasteiger partial charge in [0, 0.05) is 20.7 Å². The molecular formula is C9H16N4O. The second-order valence-corrected chi connectivity index (χ2v) is 3.72. The van der Waals surface area contributed by atoms with Crippen LogP contribution in [0.3, 0.4) is 0 Å². The number of hydrogen-bond donors (Lipinski definition) is 1. The van der Waals surface area contributed by atoms with Crippen LogP contribution in [0.1, 0.15) is 24.1 Å². The minimum Gasteiger partial charge on any atom is -0.380 e. The van der Waals surface area contributed by atoms with Gasteiger partial charge in [-0.25, -0.2) is 0 Å². The standard InChI is InChI=1S/C9H16N4O/c1-6-11-12-9(13(6)2)8-4-7(14-3)5-10-8/h7-8,10H,4-5H2,1-3H3. The van der Waals surface area contributed by atoms with E-state index in [0.29, 0.717) is 6.10 Å². The monoisotopic (exact) mass is 196 g/mol. The molecule has 2 atom stereocenters. The Hall–Kier alpha value is -0.940. The molecule has 0 aromatic carbocycles. The number of aromatic nitrogens is 3. The van der Waals surface area contributed by atoms with Crippen molar-refractivity contribution in [3.8, 4) is 0 Å². The lowest BCUT2D eigenvalue weighted by atomic mass is 10.2. The second-order valence-electron chi connectivity index (χ2n) is 3.72. The van der Waals surface area contributed by atoms with Gasteiger partial charge in [0.15, 0.2) is 0 Å². The van der Waals surface area contributed by atoms with Crippen molar-refractivity contribution >= 4 is 0 Å². The number of nitrogens with zero attached hydrogens (tertiary/aromatic N) is 3. The van der Waals surface area contributed by atoms with E-state index in [0.717, 1.165) is 24.6 Å². The molecule has 1 aliphatic rings. The molecule has 1 fully saturated rings. The van der Waals surface area contributed by atoms with Crippen LogP contribution < -0.4 is 5.32 Å². The van der Waals surface area contributed by atoms with Gasteiger partial charge >= 0.3 is 0 Å². The number of rotatable bonds is 2. The molecule has 1 N–H and O–H groups in total. The van der Waals surface area contributed by atoms with Crippen LogP contribution in [0.5, 0.6) is 0 Å². The highest BCUT2D eigenvalue weighted by Crippen LogP contribution is 2.22. The van der Waals surface area contributed by atoms with Gasteiger partial charge < -0.3 is 14.6 Å². The van der Waals surface area contributed by atoms with Crippen molar-refractivity contribution in [1.82, 2.24) is 20.1 Å². The lowest BCUT2D eigenvalue weighted by Crippen LogP contribution is -2.18. The van der Waals surface area contributed by atoms with Gasteiger partial charge in [-0.15, -0.1) is 10.2 Å². The Morgan fingerprint density at radius 2 is 2.29 bits per heavy atom. The van der Waals surface area contributed by atoms with Crippen LogP contribution in [-0.2, 0) is 11.8 Å². The third-order valence-corrected chi connectivity index (χ3v) is 2.86. The van der Waals surface area contributed by atoms with E-state index in [-0.39, 0.29) is 6.04 Å². The van der Waals surface area contributed by atoms with Crippen LogP contribution >= 0.6 is 0 Å². The minimum absolute atomic E-state index is 0.283. The minimum atomic E-state index is 0.283. The highest BCUT2D eigenvalue weighted by Gasteiger charge is 2.28. The summed E-state index contributed by atoms with van der Waals surface area (Å²) in [5.74, 6) is 1.95. The van der Waals surface area contributed by atoms with Crippen molar-refractivity contribution in [3.05, 3.63) is 11.6 Å². The summed E-state index contributed by atoms with van der Waals surface area (Å²) in [7, 11) is 3.74. The molecule has 0 amide bonds. The van der Waals surface area contributed by atoms with Crippen molar-refractivity contribution in [2.24, 2.45) is 7.05 Å². The van der Waals surface area contributed by atoms with E-state index in [9.17, 15) is 0 Å². The summed E-state index contributed by atoms with van der Waals surface area (Å²) >= 11 is 0. The summed E-state index contributed by atoms with van der Waals surface area (Å²) in [5, 5.41) is 11.6. The van der Waals surface area contributed by atoms with E-state index in [4.69, 9.17) is 4.74 Å². The number of ether oxygens (including phenoxy) is 1. The molecule has 78 valence electrons. The van der Waals surface area contributed by atoms with Crippen molar-refractivity contribution in [3.63, 3.8) is 0 Å². The first-order valence-electron chi connectivity index (χ1n) is 4.84. The zero-order valence-corrected chi connectivity index (χ0v) is 8.82. The van der Waals surface area contributed by atoms with Gasteiger partial charge in [0.05, 0.1) is 12.1 Å². The fraction of sp³-hybridized carbons (Fsp3) is 0.778. The summed E-state index contributed by atoms with van der Waals surface area (Å²) in [6.45, 7) is 2.85. The predicted molar refractivity (Wildman–Crippen MR) is 51.9 cm³/mol. The Morgan fingerprint density at radius 3 is 2.79 bits per heavy atom. The maximum Gasteiger partial charge on any atom is 0.150 e. The molecule has 5 heteroatoms. The fourth-order valence-electron chi connectivity index (χ4n) is 1.81. The quantitative estimate of drug-likeness (QED) is 0.732. The van der Waals surface area contributed by atoms with Gasteiger partial charge in [-0.05, 0) is 13.3 Å². The SMILES string of the molecule is COC1CNC(c2nnc(C)n2C)C1. The Balaban J connectivity index is 2.13. The van der Waals surface area contributed by atoms with Crippen LogP contribution in [0.4, 0.5) is 0 Å². The van der Waals surface area contributed by atoms with E-state index in [2.05, 4.69) is 15.5 Å².